The number of carbonyl (C=O) groups is 1. The molecule has 1 N–H and O–H groups in total. The molecule has 0 spiro atoms. The Kier molecular flexibility index (Phi) is 5.62. The van der Waals surface area contributed by atoms with Crippen molar-refractivity contribution in [1.82, 2.24) is 15.1 Å². The molecule has 0 aliphatic rings. The van der Waals surface area contributed by atoms with E-state index in [0.29, 0.717) is 18.2 Å². The minimum absolute atomic E-state index is 0.186. The van der Waals surface area contributed by atoms with Crippen molar-refractivity contribution >= 4 is 17.6 Å². The second kappa shape index (κ2) is 6.75. The van der Waals surface area contributed by atoms with Crippen molar-refractivity contribution in [2.45, 2.75) is 46.3 Å². The molecular weight excluding hydrogens is 254 g/mol. The number of hydrogen-bond acceptors (Lipinski definition) is 4. The van der Waals surface area contributed by atoms with Gasteiger partial charge in [-0.3, -0.25) is 9.48 Å². The van der Waals surface area contributed by atoms with Gasteiger partial charge in [-0.15, -0.1) is 0 Å². The maximum Gasteiger partial charge on any atom is 0.325 e. The van der Waals surface area contributed by atoms with Crippen LogP contribution < -0.4 is 5.32 Å². The fourth-order valence-corrected chi connectivity index (χ4v) is 1.76. The SMILES string of the molecule is CCOC(=O)C(Cn1ncc(Cl)c1C)NC(C)C. The summed E-state index contributed by atoms with van der Waals surface area (Å²) in [5, 5.41) is 7.91. The molecule has 1 rings (SSSR count). The van der Waals surface area contributed by atoms with Crippen molar-refractivity contribution in [1.29, 1.82) is 0 Å². The summed E-state index contributed by atoms with van der Waals surface area (Å²) in [6.07, 6.45) is 1.58. The Hall–Kier alpha value is -1.07. The molecular formula is C12H20ClN3O2. The van der Waals surface area contributed by atoms with Crippen LogP contribution in [-0.2, 0) is 16.1 Å². The van der Waals surface area contributed by atoms with E-state index in [1.54, 1.807) is 17.8 Å². The molecule has 0 amide bonds. The van der Waals surface area contributed by atoms with Gasteiger partial charge in [0, 0.05) is 6.04 Å². The van der Waals surface area contributed by atoms with Gasteiger partial charge >= 0.3 is 5.97 Å². The van der Waals surface area contributed by atoms with Crippen LogP contribution in [0.25, 0.3) is 0 Å². The summed E-state index contributed by atoms with van der Waals surface area (Å²) in [4.78, 5) is 11.8. The highest BCUT2D eigenvalue weighted by Crippen LogP contribution is 2.13. The number of nitrogens with one attached hydrogen (secondary N) is 1. The number of rotatable bonds is 6. The molecule has 0 bridgehead atoms. The Balaban J connectivity index is 2.77. The van der Waals surface area contributed by atoms with Crippen LogP contribution in [0.3, 0.4) is 0 Å². The van der Waals surface area contributed by atoms with Crippen LogP contribution >= 0.6 is 11.6 Å². The third-order valence-corrected chi connectivity index (χ3v) is 2.88. The van der Waals surface area contributed by atoms with E-state index in [0.717, 1.165) is 5.69 Å². The molecule has 1 unspecified atom stereocenters. The molecule has 1 atom stereocenters. The number of hydrogen-bond donors (Lipinski definition) is 1. The van der Waals surface area contributed by atoms with Crippen molar-refractivity contribution in [3.63, 3.8) is 0 Å². The smallest absolute Gasteiger partial charge is 0.325 e. The fourth-order valence-electron chi connectivity index (χ4n) is 1.62. The molecule has 0 radical (unpaired) electrons. The summed E-state index contributed by atoms with van der Waals surface area (Å²) in [6.45, 7) is 8.40. The molecule has 18 heavy (non-hydrogen) atoms. The molecule has 0 saturated heterocycles. The largest absolute Gasteiger partial charge is 0.465 e. The third-order valence-electron chi connectivity index (χ3n) is 2.50. The number of aromatic nitrogens is 2. The van der Waals surface area contributed by atoms with Gasteiger partial charge in [-0.2, -0.15) is 5.10 Å². The second-order valence-electron chi connectivity index (χ2n) is 4.39. The predicted octanol–water partition coefficient (Wildman–Crippen LogP) is 1.77. The van der Waals surface area contributed by atoms with Crippen LogP contribution in [0.15, 0.2) is 6.20 Å². The summed E-state index contributed by atoms with van der Waals surface area (Å²) in [7, 11) is 0. The first kappa shape index (κ1) is 15.0. The summed E-state index contributed by atoms with van der Waals surface area (Å²) in [5.41, 5.74) is 0.844. The zero-order chi connectivity index (χ0) is 13.7. The molecule has 0 saturated carbocycles. The lowest BCUT2D eigenvalue weighted by molar-refractivity contribution is -0.146. The van der Waals surface area contributed by atoms with E-state index in [9.17, 15) is 4.79 Å². The maximum atomic E-state index is 11.8. The highest BCUT2D eigenvalue weighted by atomic mass is 35.5. The van der Waals surface area contributed by atoms with Gasteiger partial charge in [0.1, 0.15) is 6.04 Å². The molecule has 1 aromatic heterocycles. The summed E-state index contributed by atoms with van der Waals surface area (Å²) >= 11 is 5.94. The van der Waals surface area contributed by atoms with E-state index in [1.807, 2.05) is 20.8 Å². The van der Waals surface area contributed by atoms with Crippen LogP contribution in [0, 0.1) is 6.92 Å². The van der Waals surface area contributed by atoms with E-state index in [4.69, 9.17) is 16.3 Å². The molecule has 5 nitrogen and oxygen atoms in total. The van der Waals surface area contributed by atoms with Gasteiger partial charge in [0.25, 0.3) is 0 Å². The highest BCUT2D eigenvalue weighted by Gasteiger charge is 2.22. The lowest BCUT2D eigenvalue weighted by atomic mass is 10.2. The van der Waals surface area contributed by atoms with Gasteiger partial charge in [0.05, 0.1) is 30.1 Å². The van der Waals surface area contributed by atoms with Gasteiger partial charge < -0.3 is 10.1 Å². The lowest BCUT2D eigenvalue weighted by Crippen LogP contribution is -2.45. The number of halogens is 1. The monoisotopic (exact) mass is 273 g/mol. The van der Waals surface area contributed by atoms with Crippen molar-refractivity contribution in [2.24, 2.45) is 0 Å². The van der Waals surface area contributed by atoms with Gasteiger partial charge in [0.15, 0.2) is 0 Å². The minimum atomic E-state index is -0.417. The molecule has 0 aromatic carbocycles. The van der Waals surface area contributed by atoms with Gasteiger partial charge in [0.2, 0.25) is 0 Å². The van der Waals surface area contributed by atoms with Gasteiger partial charge in [-0.25, -0.2) is 0 Å². The van der Waals surface area contributed by atoms with Crippen molar-refractivity contribution in [3.8, 4) is 0 Å². The van der Waals surface area contributed by atoms with Crippen molar-refractivity contribution in [3.05, 3.63) is 16.9 Å². The fraction of sp³-hybridized carbons (Fsp3) is 0.667. The normalized spacial score (nSPS) is 12.8. The Morgan fingerprint density at radius 3 is 2.72 bits per heavy atom. The van der Waals surface area contributed by atoms with Crippen molar-refractivity contribution < 1.29 is 9.53 Å². The average molecular weight is 274 g/mol. The lowest BCUT2D eigenvalue weighted by Gasteiger charge is -2.20. The summed E-state index contributed by atoms with van der Waals surface area (Å²) in [5.74, 6) is -0.266. The zero-order valence-electron chi connectivity index (χ0n) is 11.2. The van der Waals surface area contributed by atoms with Crippen molar-refractivity contribution in [2.75, 3.05) is 6.61 Å². The van der Waals surface area contributed by atoms with Gasteiger partial charge in [-0.05, 0) is 13.8 Å². The molecule has 0 aliphatic carbocycles. The highest BCUT2D eigenvalue weighted by molar-refractivity contribution is 6.31. The number of carbonyl (C=O) groups excluding carboxylic acids is 1. The second-order valence-corrected chi connectivity index (χ2v) is 4.79. The first-order valence-electron chi connectivity index (χ1n) is 6.06. The molecule has 0 fully saturated rings. The Bertz CT molecular complexity index is 404. The molecule has 102 valence electrons. The van der Waals surface area contributed by atoms with Gasteiger partial charge in [-0.1, -0.05) is 25.4 Å². The first-order valence-corrected chi connectivity index (χ1v) is 6.44. The van der Waals surface area contributed by atoms with E-state index in [-0.39, 0.29) is 12.0 Å². The Morgan fingerprint density at radius 2 is 2.28 bits per heavy atom. The zero-order valence-corrected chi connectivity index (χ0v) is 12.0. The van der Waals surface area contributed by atoms with Crippen LogP contribution in [0.1, 0.15) is 26.5 Å². The maximum absolute atomic E-state index is 11.8. The van der Waals surface area contributed by atoms with E-state index < -0.39 is 6.04 Å². The quantitative estimate of drug-likeness (QED) is 0.803. The van der Waals surface area contributed by atoms with Crippen LogP contribution in [0.5, 0.6) is 0 Å². The molecule has 1 heterocycles. The summed E-state index contributed by atoms with van der Waals surface area (Å²) < 4.78 is 6.76. The van der Waals surface area contributed by atoms with Crippen LogP contribution in [0.2, 0.25) is 5.02 Å². The Morgan fingerprint density at radius 1 is 1.61 bits per heavy atom. The number of ether oxygens (including phenoxy) is 1. The number of nitrogens with zero attached hydrogens (tertiary/aromatic N) is 2. The molecule has 0 aliphatic heterocycles. The number of esters is 1. The van der Waals surface area contributed by atoms with E-state index in [2.05, 4.69) is 10.4 Å². The topological polar surface area (TPSA) is 56.2 Å². The first-order chi connectivity index (χ1) is 8.45. The van der Waals surface area contributed by atoms with E-state index >= 15 is 0 Å². The average Bonchev–Trinajstić information content (AvgIpc) is 2.60. The summed E-state index contributed by atoms with van der Waals surface area (Å²) in [6, 6.07) is -0.231. The Labute approximate surface area is 112 Å². The van der Waals surface area contributed by atoms with E-state index in [1.165, 1.54) is 0 Å². The van der Waals surface area contributed by atoms with Crippen LogP contribution in [0.4, 0.5) is 0 Å². The standard InChI is InChI=1S/C12H20ClN3O2/c1-5-18-12(17)11(15-8(2)3)7-16-9(4)10(13)6-14-16/h6,8,11,15H,5,7H2,1-4H3. The minimum Gasteiger partial charge on any atom is -0.465 e. The third kappa shape index (κ3) is 3.99. The molecule has 1 aromatic rings. The molecule has 6 heteroatoms. The van der Waals surface area contributed by atoms with Crippen LogP contribution in [-0.4, -0.2) is 34.4 Å². The predicted molar refractivity (Wildman–Crippen MR) is 70.7 cm³/mol.